The largest absolute Gasteiger partial charge is 0.254 e. The summed E-state index contributed by atoms with van der Waals surface area (Å²) in [5.41, 5.74) is 2.68. The van der Waals surface area contributed by atoms with E-state index in [4.69, 9.17) is 5.14 Å². The summed E-state index contributed by atoms with van der Waals surface area (Å²) < 4.78 is 22.9. The topological polar surface area (TPSA) is 57.9 Å². The maximum absolute atomic E-state index is 11.5. The molecular weight excluding hydrogens is 222 g/mol. The molecule has 0 saturated carbocycles. The van der Waals surface area contributed by atoms with Crippen molar-refractivity contribution in [3.05, 3.63) is 28.8 Å². The van der Waals surface area contributed by atoms with Gasteiger partial charge in [0.15, 0.2) is 0 Å². The van der Waals surface area contributed by atoms with E-state index in [-0.39, 0.29) is 4.90 Å². The van der Waals surface area contributed by atoms with Crippen LogP contribution in [0.2, 0.25) is 0 Å². The Morgan fingerprint density at radius 3 is 1.69 bits per heavy atom. The lowest BCUT2D eigenvalue weighted by molar-refractivity contribution is 0.594. The van der Waals surface area contributed by atoms with Gasteiger partial charge in [0.25, 0.3) is 10.0 Å². The third-order valence-corrected chi connectivity index (χ3v) is 3.80. The van der Waals surface area contributed by atoms with Gasteiger partial charge in [0, 0.05) is 0 Å². The standard InChI is InChI=1S/C12H18NO2S/c1-4-9-7-10(5-2)12(16(13,14)15)11(6-3)8-9/h7-8,13H,4-6H2,1-3H3. The average molecular weight is 240 g/mol. The molecule has 1 aromatic rings. The first-order valence-corrected chi connectivity index (χ1v) is 7.06. The van der Waals surface area contributed by atoms with E-state index in [0.717, 1.165) is 23.1 Å². The highest BCUT2D eigenvalue weighted by Gasteiger charge is 2.18. The molecule has 0 bridgehead atoms. The second-order valence-electron chi connectivity index (χ2n) is 3.81. The summed E-state index contributed by atoms with van der Waals surface area (Å²) in [6.45, 7) is 5.88. The predicted octanol–water partition coefficient (Wildman–Crippen LogP) is 2.35. The minimum atomic E-state index is -3.86. The Bertz CT molecular complexity index is 453. The average Bonchev–Trinajstić information content (AvgIpc) is 2.25. The first-order chi connectivity index (χ1) is 7.43. The Labute approximate surface area is 97.7 Å². The molecule has 0 spiro atoms. The molecule has 0 unspecified atom stereocenters. The molecule has 0 aliphatic carbocycles. The van der Waals surface area contributed by atoms with E-state index < -0.39 is 10.0 Å². The van der Waals surface area contributed by atoms with Gasteiger partial charge in [0.1, 0.15) is 0 Å². The number of hydrogen-bond acceptors (Lipinski definition) is 2. The van der Waals surface area contributed by atoms with Gasteiger partial charge in [0.2, 0.25) is 0 Å². The number of sulfonamides is 1. The molecule has 3 nitrogen and oxygen atoms in total. The van der Waals surface area contributed by atoms with Gasteiger partial charge in [0.05, 0.1) is 4.90 Å². The van der Waals surface area contributed by atoms with E-state index in [1.54, 1.807) is 0 Å². The van der Waals surface area contributed by atoms with Crippen molar-refractivity contribution in [2.75, 3.05) is 0 Å². The Morgan fingerprint density at radius 1 is 1.00 bits per heavy atom. The Balaban J connectivity index is 3.57. The molecule has 0 aliphatic rings. The maximum Gasteiger partial charge on any atom is 0.254 e. The molecule has 1 N–H and O–H groups in total. The van der Waals surface area contributed by atoms with Gasteiger partial charge in [-0.3, -0.25) is 0 Å². The maximum atomic E-state index is 11.5. The summed E-state index contributed by atoms with van der Waals surface area (Å²) in [4.78, 5) is 0.217. The van der Waals surface area contributed by atoms with Crippen LogP contribution in [0, 0.1) is 0 Å². The van der Waals surface area contributed by atoms with Crippen molar-refractivity contribution >= 4 is 10.0 Å². The zero-order valence-electron chi connectivity index (χ0n) is 10.0. The van der Waals surface area contributed by atoms with Crippen molar-refractivity contribution in [2.24, 2.45) is 0 Å². The molecule has 1 aromatic carbocycles. The molecule has 89 valence electrons. The number of benzene rings is 1. The molecule has 1 radical (unpaired) electrons. The van der Waals surface area contributed by atoms with Gasteiger partial charge in [-0.25, -0.2) is 8.42 Å². The van der Waals surface area contributed by atoms with Crippen LogP contribution in [0.4, 0.5) is 0 Å². The number of hydrogen-bond donors (Lipinski definition) is 0. The van der Waals surface area contributed by atoms with Crippen molar-refractivity contribution in [3.63, 3.8) is 0 Å². The van der Waals surface area contributed by atoms with Crippen LogP contribution in [-0.2, 0) is 29.3 Å². The highest BCUT2D eigenvalue weighted by atomic mass is 32.2. The molecule has 0 amide bonds. The summed E-state index contributed by atoms with van der Waals surface area (Å²) >= 11 is 0. The molecule has 0 fully saturated rings. The van der Waals surface area contributed by atoms with Gasteiger partial charge in [-0.1, -0.05) is 32.9 Å². The van der Waals surface area contributed by atoms with Crippen LogP contribution in [0.15, 0.2) is 17.0 Å². The van der Waals surface area contributed by atoms with Crippen LogP contribution >= 0.6 is 0 Å². The van der Waals surface area contributed by atoms with E-state index in [1.165, 1.54) is 0 Å². The molecule has 0 aromatic heterocycles. The quantitative estimate of drug-likeness (QED) is 0.811. The van der Waals surface area contributed by atoms with Crippen molar-refractivity contribution in [1.82, 2.24) is 5.14 Å². The lowest BCUT2D eigenvalue weighted by atomic mass is 10.0. The third-order valence-electron chi connectivity index (χ3n) is 2.74. The SMILES string of the molecule is CCc1cc(CC)c(S([NH])(=O)=O)c(CC)c1. The van der Waals surface area contributed by atoms with E-state index >= 15 is 0 Å². The van der Waals surface area contributed by atoms with Gasteiger partial charge in [-0.15, -0.1) is 5.14 Å². The minimum Gasteiger partial charge on any atom is -0.206 e. The fraction of sp³-hybridized carbons (Fsp3) is 0.500. The van der Waals surface area contributed by atoms with Crippen LogP contribution in [0.1, 0.15) is 37.5 Å². The fourth-order valence-electron chi connectivity index (χ4n) is 1.90. The first kappa shape index (κ1) is 13.2. The molecule has 16 heavy (non-hydrogen) atoms. The zero-order valence-corrected chi connectivity index (χ0v) is 10.8. The lowest BCUT2D eigenvalue weighted by Gasteiger charge is -2.12. The molecule has 0 aliphatic heterocycles. The van der Waals surface area contributed by atoms with Crippen molar-refractivity contribution < 1.29 is 8.42 Å². The van der Waals surface area contributed by atoms with Crippen LogP contribution in [0.3, 0.4) is 0 Å². The summed E-state index contributed by atoms with van der Waals surface area (Å²) in [5, 5.41) is 7.26. The van der Waals surface area contributed by atoms with Crippen LogP contribution in [0.5, 0.6) is 0 Å². The van der Waals surface area contributed by atoms with Gasteiger partial charge >= 0.3 is 0 Å². The number of aryl methyl sites for hydroxylation is 3. The smallest absolute Gasteiger partial charge is 0.206 e. The zero-order chi connectivity index (χ0) is 12.3. The molecular formula is C12H18NO2S. The molecule has 0 atom stereocenters. The highest BCUT2D eigenvalue weighted by molar-refractivity contribution is 7.89. The van der Waals surface area contributed by atoms with Crippen molar-refractivity contribution in [2.45, 2.75) is 44.9 Å². The van der Waals surface area contributed by atoms with Gasteiger partial charge in [-0.05, 0) is 36.0 Å². The molecule has 1 rings (SSSR count). The number of nitrogens with one attached hydrogen (secondary N) is 1. The third kappa shape index (κ3) is 2.62. The molecule has 0 heterocycles. The van der Waals surface area contributed by atoms with Crippen molar-refractivity contribution in [1.29, 1.82) is 0 Å². The summed E-state index contributed by atoms with van der Waals surface area (Å²) in [7, 11) is -3.86. The normalized spacial score (nSPS) is 11.8. The summed E-state index contributed by atoms with van der Waals surface area (Å²) in [5.74, 6) is 0. The fourth-order valence-corrected chi connectivity index (χ4v) is 3.00. The van der Waals surface area contributed by atoms with Crippen molar-refractivity contribution in [3.8, 4) is 0 Å². The van der Waals surface area contributed by atoms with E-state index in [2.05, 4.69) is 0 Å². The van der Waals surface area contributed by atoms with Crippen LogP contribution in [0.25, 0.3) is 0 Å². The van der Waals surface area contributed by atoms with Gasteiger partial charge in [-0.2, -0.15) is 0 Å². The van der Waals surface area contributed by atoms with Crippen LogP contribution in [-0.4, -0.2) is 8.42 Å². The van der Waals surface area contributed by atoms with Crippen LogP contribution < -0.4 is 5.14 Å². The number of rotatable bonds is 4. The Kier molecular flexibility index (Phi) is 4.10. The lowest BCUT2D eigenvalue weighted by Crippen LogP contribution is -2.09. The first-order valence-electron chi connectivity index (χ1n) is 5.58. The monoisotopic (exact) mass is 240 g/mol. The van der Waals surface area contributed by atoms with E-state index in [1.807, 2.05) is 32.9 Å². The molecule has 0 saturated heterocycles. The van der Waals surface area contributed by atoms with Gasteiger partial charge < -0.3 is 0 Å². The predicted molar refractivity (Wildman–Crippen MR) is 64.9 cm³/mol. The van der Waals surface area contributed by atoms with E-state index in [9.17, 15) is 8.42 Å². The van der Waals surface area contributed by atoms with E-state index in [0.29, 0.717) is 12.8 Å². The highest BCUT2D eigenvalue weighted by Crippen LogP contribution is 2.24. The Morgan fingerprint density at radius 2 is 1.44 bits per heavy atom. The Hall–Kier alpha value is -0.870. The second kappa shape index (κ2) is 4.97. The summed E-state index contributed by atoms with van der Waals surface area (Å²) in [6, 6.07) is 3.81. The second-order valence-corrected chi connectivity index (χ2v) is 5.22. The molecule has 4 heteroatoms. The summed E-state index contributed by atoms with van der Waals surface area (Å²) in [6.07, 6.45) is 2.18. The minimum absolute atomic E-state index is 0.217.